The summed E-state index contributed by atoms with van der Waals surface area (Å²) in [5.41, 5.74) is 2.93. The molecule has 0 heterocycles. The molecule has 0 aromatic heterocycles. The molecule has 1 fully saturated rings. The third kappa shape index (κ3) is 7.66. The van der Waals surface area contributed by atoms with Crippen LogP contribution in [0.2, 0.25) is 0 Å². The summed E-state index contributed by atoms with van der Waals surface area (Å²) in [6.45, 7) is 6.47. The van der Waals surface area contributed by atoms with Crippen LogP contribution in [0.5, 0.6) is 5.75 Å². The van der Waals surface area contributed by atoms with Crippen LogP contribution in [0.3, 0.4) is 0 Å². The van der Waals surface area contributed by atoms with E-state index >= 15 is 0 Å². The van der Waals surface area contributed by atoms with Crippen LogP contribution in [0, 0.1) is 30.4 Å². The van der Waals surface area contributed by atoms with Crippen LogP contribution >= 0.6 is 0 Å². The zero-order valence-corrected chi connectivity index (χ0v) is 22.7. The Balaban J connectivity index is 1.23. The van der Waals surface area contributed by atoms with Gasteiger partial charge < -0.3 is 4.74 Å². The topological polar surface area (TPSA) is 9.23 Å². The molecular formula is C34H42F2O. The average molecular weight is 505 g/mol. The fraction of sp³-hybridized carbons (Fsp3) is 0.471. The van der Waals surface area contributed by atoms with Gasteiger partial charge in [-0.25, -0.2) is 8.78 Å². The Morgan fingerprint density at radius 3 is 1.86 bits per heavy atom. The largest absolute Gasteiger partial charge is 0.491 e. The number of hydrogen-bond donors (Lipinski definition) is 0. The van der Waals surface area contributed by atoms with Crippen LogP contribution < -0.4 is 4.74 Å². The minimum atomic E-state index is -0.821. The van der Waals surface area contributed by atoms with Gasteiger partial charge in [-0.05, 0) is 61.8 Å². The van der Waals surface area contributed by atoms with Gasteiger partial charge in [-0.15, -0.1) is 0 Å². The first-order valence-electron chi connectivity index (χ1n) is 14.2. The SMILES string of the molecule is Cc1ccc(-c2ccc(-c3ccc(O[C@@H](C)CCCCCCC4CCC(C)CC4)cc3)c(F)c2F)cc1. The molecule has 3 aromatic carbocycles. The molecule has 3 heteroatoms. The van der Waals surface area contributed by atoms with E-state index in [4.69, 9.17) is 4.74 Å². The third-order valence-corrected chi connectivity index (χ3v) is 8.06. The van der Waals surface area contributed by atoms with Crippen LogP contribution in [-0.2, 0) is 0 Å². The minimum absolute atomic E-state index is 0.133. The zero-order chi connectivity index (χ0) is 26.2. The number of unbranched alkanes of at least 4 members (excludes halogenated alkanes) is 3. The average Bonchev–Trinajstić information content (AvgIpc) is 2.90. The summed E-state index contributed by atoms with van der Waals surface area (Å²) in [5, 5.41) is 0. The van der Waals surface area contributed by atoms with Crippen LogP contribution in [0.25, 0.3) is 22.3 Å². The first kappa shape index (κ1) is 27.4. The first-order chi connectivity index (χ1) is 17.9. The van der Waals surface area contributed by atoms with E-state index in [1.165, 1.54) is 57.8 Å². The Labute approximate surface area is 222 Å². The summed E-state index contributed by atoms with van der Waals surface area (Å²) in [6, 6.07) is 18.0. The number of benzene rings is 3. The van der Waals surface area contributed by atoms with Crippen molar-refractivity contribution in [3.63, 3.8) is 0 Å². The van der Waals surface area contributed by atoms with E-state index in [1.54, 1.807) is 24.3 Å². The van der Waals surface area contributed by atoms with E-state index in [2.05, 4.69) is 13.8 Å². The van der Waals surface area contributed by atoms with E-state index in [0.717, 1.165) is 29.6 Å². The molecule has 1 aliphatic carbocycles. The standard InChI is InChI=1S/C34H42F2O/c1-24-10-14-27(15-11-24)9-7-5-4-6-8-26(3)37-30-20-18-29(19-21-30)32-23-22-31(33(35)34(32)36)28-16-12-25(2)13-17-28/h12-13,16-24,26-27H,4-11,14-15H2,1-3H3/t24?,26-,27?/m0/s1. The highest BCUT2D eigenvalue weighted by Crippen LogP contribution is 2.33. The third-order valence-electron chi connectivity index (χ3n) is 8.06. The maximum absolute atomic E-state index is 15.0. The van der Waals surface area contributed by atoms with Crippen LogP contribution in [-0.4, -0.2) is 6.10 Å². The van der Waals surface area contributed by atoms with Crippen molar-refractivity contribution < 1.29 is 13.5 Å². The molecule has 0 radical (unpaired) electrons. The molecule has 0 spiro atoms. The first-order valence-corrected chi connectivity index (χ1v) is 14.2. The van der Waals surface area contributed by atoms with E-state index in [0.29, 0.717) is 11.1 Å². The Morgan fingerprint density at radius 2 is 1.27 bits per heavy atom. The fourth-order valence-electron chi connectivity index (χ4n) is 5.57. The van der Waals surface area contributed by atoms with Gasteiger partial charge in [0.25, 0.3) is 0 Å². The maximum Gasteiger partial charge on any atom is 0.167 e. The zero-order valence-electron chi connectivity index (χ0n) is 22.7. The van der Waals surface area contributed by atoms with Crippen molar-refractivity contribution in [3.05, 3.63) is 77.9 Å². The molecule has 1 aliphatic rings. The summed E-state index contributed by atoms with van der Waals surface area (Å²) in [5.74, 6) is 1.04. The summed E-state index contributed by atoms with van der Waals surface area (Å²) in [4.78, 5) is 0. The van der Waals surface area contributed by atoms with Gasteiger partial charge in [-0.1, -0.05) is 112 Å². The van der Waals surface area contributed by atoms with Crippen molar-refractivity contribution in [1.29, 1.82) is 0 Å². The van der Waals surface area contributed by atoms with E-state index < -0.39 is 11.6 Å². The summed E-state index contributed by atoms with van der Waals surface area (Å²) in [6.07, 6.45) is 13.4. The lowest BCUT2D eigenvalue weighted by Gasteiger charge is -2.26. The highest BCUT2D eigenvalue weighted by Gasteiger charge is 2.18. The summed E-state index contributed by atoms with van der Waals surface area (Å²) < 4.78 is 35.9. The van der Waals surface area contributed by atoms with Crippen molar-refractivity contribution in [2.75, 3.05) is 0 Å². The number of ether oxygens (including phenoxy) is 1. The van der Waals surface area contributed by atoms with Gasteiger partial charge >= 0.3 is 0 Å². The Bertz CT molecular complexity index is 1110. The molecule has 1 saturated carbocycles. The molecule has 1 nitrogen and oxygen atoms in total. The molecule has 0 saturated heterocycles. The molecule has 4 rings (SSSR count). The number of halogens is 2. The molecule has 0 amide bonds. The van der Waals surface area contributed by atoms with Crippen LogP contribution in [0.1, 0.15) is 83.6 Å². The lowest BCUT2D eigenvalue weighted by molar-refractivity contribution is 0.206. The highest BCUT2D eigenvalue weighted by atomic mass is 19.2. The molecule has 198 valence electrons. The van der Waals surface area contributed by atoms with Crippen molar-refractivity contribution in [3.8, 4) is 28.0 Å². The molecule has 37 heavy (non-hydrogen) atoms. The Morgan fingerprint density at radius 1 is 0.730 bits per heavy atom. The quantitative estimate of drug-likeness (QED) is 0.236. The van der Waals surface area contributed by atoms with Gasteiger partial charge in [0.05, 0.1) is 6.10 Å². The van der Waals surface area contributed by atoms with Gasteiger partial charge in [0.2, 0.25) is 0 Å². The highest BCUT2D eigenvalue weighted by molar-refractivity contribution is 5.72. The number of hydrogen-bond acceptors (Lipinski definition) is 1. The van der Waals surface area contributed by atoms with Gasteiger partial charge in [0.1, 0.15) is 5.75 Å². The normalized spacial score (nSPS) is 18.5. The van der Waals surface area contributed by atoms with Crippen molar-refractivity contribution >= 4 is 0 Å². The smallest absolute Gasteiger partial charge is 0.167 e. The van der Waals surface area contributed by atoms with Gasteiger partial charge in [-0.2, -0.15) is 0 Å². The van der Waals surface area contributed by atoms with E-state index in [1.807, 2.05) is 43.3 Å². The van der Waals surface area contributed by atoms with Crippen molar-refractivity contribution in [1.82, 2.24) is 0 Å². The van der Waals surface area contributed by atoms with Crippen molar-refractivity contribution in [2.24, 2.45) is 11.8 Å². The molecule has 0 bridgehead atoms. The number of rotatable bonds is 11. The van der Waals surface area contributed by atoms with E-state index in [9.17, 15) is 8.78 Å². The predicted molar refractivity (Wildman–Crippen MR) is 151 cm³/mol. The summed E-state index contributed by atoms with van der Waals surface area (Å²) >= 11 is 0. The Hall–Kier alpha value is -2.68. The molecular weight excluding hydrogens is 462 g/mol. The van der Waals surface area contributed by atoms with Crippen LogP contribution in [0.4, 0.5) is 8.78 Å². The maximum atomic E-state index is 15.0. The lowest BCUT2D eigenvalue weighted by atomic mass is 9.80. The second-order valence-electron chi connectivity index (χ2n) is 11.2. The summed E-state index contributed by atoms with van der Waals surface area (Å²) in [7, 11) is 0. The second-order valence-corrected chi connectivity index (χ2v) is 11.2. The molecule has 3 aromatic rings. The fourth-order valence-corrected chi connectivity index (χ4v) is 5.57. The molecule has 0 unspecified atom stereocenters. The minimum Gasteiger partial charge on any atom is -0.491 e. The molecule has 1 atom stereocenters. The van der Waals surface area contributed by atoms with Crippen LogP contribution in [0.15, 0.2) is 60.7 Å². The number of aryl methyl sites for hydroxylation is 1. The second kappa shape index (κ2) is 13.2. The van der Waals surface area contributed by atoms with Crippen molar-refractivity contribution in [2.45, 2.75) is 91.1 Å². The van der Waals surface area contributed by atoms with E-state index in [-0.39, 0.29) is 17.2 Å². The Kier molecular flexibility index (Phi) is 9.77. The lowest BCUT2D eigenvalue weighted by Crippen LogP contribution is -2.12. The van der Waals surface area contributed by atoms with Gasteiger partial charge in [0.15, 0.2) is 11.6 Å². The van der Waals surface area contributed by atoms with Gasteiger partial charge in [0, 0.05) is 11.1 Å². The predicted octanol–water partition coefficient (Wildman–Crippen LogP) is 10.5. The molecule has 0 aliphatic heterocycles. The van der Waals surface area contributed by atoms with Gasteiger partial charge in [-0.3, -0.25) is 0 Å². The monoisotopic (exact) mass is 504 g/mol. The molecule has 0 N–H and O–H groups in total.